The van der Waals surface area contributed by atoms with Crippen LogP contribution in [0.5, 0.6) is 0 Å². The number of halogens is 1. The van der Waals surface area contributed by atoms with Crippen molar-refractivity contribution in [3.8, 4) is 0 Å². The van der Waals surface area contributed by atoms with Crippen molar-refractivity contribution in [1.82, 2.24) is 15.1 Å². The number of hydrogen-bond donors (Lipinski definition) is 2. The second-order valence-corrected chi connectivity index (χ2v) is 4.03. The number of aliphatic hydroxyl groups is 1. The van der Waals surface area contributed by atoms with Crippen LogP contribution in [0.3, 0.4) is 0 Å². The largest absolute Gasteiger partial charge is 0.394 e. The zero-order chi connectivity index (χ0) is 12.8. The van der Waals surface area contributed by atoms with Crippen LogP contribution in [-0.4, -0.2) is 21.5 Å². The topological polar surface area (TPSA) is 50.1 Å². The predicted octanol–water partition coefficient (Wildman–Crippen LogP) is 1.30. The van der Waals surface area contributed by atoms with E-state index in [1.54, 1.807) is 23.0 Å². The molecule has 0 saturated carbocycles. The van der Waals surface area contributed by atoms with Crippen LogP contribution < -0.4 is 5.32 Å². The third-order valence-electron chi connectivity index (χ3n) is 2.62. The van der Waals surface area contributed by atoms with Gasteiger partial charge >= 0.3 is 0 Å². The van der Waals surface area contributed by atoms with Gasteiger partial charge in [-0.25, -0.2) is 4.39 Å². The van der Waals surface area contributed by atoms with Crippen molar-refractivity contribution in [2.24, 2.45) is 0 Å². The Morgan fingerprint density at radius 1 is 1.28 bits per heavy atom. The van der Waals surface area contributed by atoms with E-state index < -0.39 is 0 Å². The van der Waals surface area contributed by atoms with Crippen LogP contribution >= 0.6 is 0 Å². The Morgan fingerprint density at radius 2 is 2.11 bits per heavy atom. The van der Waals surface area contributed by atoms with Crippen molar-refractivity contribution >= 4 is 0 Å². The van der Waals surface area contributed by atoms with E-state index in [9.17, 15) is 4.39 Å². The summed E-state index contributed by atoms with van der Waals surface area (Å²) in [5, 5.41) is 16.0. The molecule has 0 spiro atoms. The molecular weight excluding hydrogens is 233 g/mol. The van der Waals surface area contributed by atoms with Crippen LogP contribution in [0.4, 0.5) is 4.39 Å². The summed E-state index contributed by atoms with van der Waals surface area (Å²) in [5.41, 5.74) is 1.67. The summed E-state index contributed by atoms with van der Waals surface area (Å²) in [4.78, 5) is 0. The molecular formula is C13H16FN3O. The molecule has 0 aliphatic rings. The van der Waals surface area contributed by atoms with Crippen LogP contribution in [-0.2, 0) is 19.6 Å². The van der Waals surface area contributed by atoms with E-state index >= 15 is 0 Å². The third kappa shape index (κ3) is 3.38. The van der Waals surface area contributed by atoms with Crippen LogP contribution in [0, 0.1) is 5.82 Å². The van der Waals surface area contributed by atoms with Crippen molar-refractivity contribution in [3.05, 3.63) is 53.6 Å². The van der Waals surface area contributed by atoms with Gasteiger partial charge in [-0.05, 0) is 6.07 Å². The van der Waals surface area contributed by atoms with E-state index in [1.807, 2.05) is 12.3 Å². The molecule has 96 valence electrons. The number of nitrogens with one attached hydrogen (secondary N) is 1. The van der Waals surface area contributed by atoms with Crippen LogP contribution in [0.2, 0.25) is 0 Å². The summed E-state index contributed by atoms with van der Waals surface area (Å²) in [5.74, 6) is -0.194. The fourth-order valence-electron chi connectivity index (χ4n) is 1.71. The minimum Gasteiger partial charge on any atom is -0.394 e. The zero-order valence-corrected chi connectivity index (χ0v) is 10.0. The predicted molar refractivity (Wildman–Crippen MR) is 66.3 cm³/mol. The molecule has 1 aromatic heterocycles. The molecule has 2 N–H and O–H groups in total. The van der Waals surface area contributed by atoms with E-state index in [0.717, 1.165) is 5.56 Å². The highest BCUT2D eigenvalue weighted by atomic mass is 19.1. The number of rotatable bonds is 6. The van der Waals surface area contributed by atoms with Gasteiger partial charge in [0.2, 0.25) is 0 Å². The number of hydrogen-bond acceptors (Lipinski definition) is 3. The van der Waals surface area contributed by atoms with Crippen molar-refractivity contribution in [2.75, 3.05) is 6.61 Å². The first kappa shape index (κ1) is 12.7. The lowest BCUT2D eigenvalue weighted by atomic mass is 10.2. The molecule has 0 unspecified atom stereocenters. The van der Waals surface area contributed by atoms with Crippen molar-refractivity contribution in [3.63, 3.8) is 0 Å². The molecule has 1 heterocycles. The Hall–Kier alpha value is -1.72. The lowest BCUT2D eigenvalue weighted by Gasteiger charge is -2.04. The van der Waals surface area contributed by atoms with Crippen molar-refractivity contribution in [2.45, 2.75) is 19.6 Å². The number of aromatic nitrogens is 2. The summed E-state index contributed by atoms with van der Waals surface area (Å²) in [6.07, 6.45) is 3.61. The molecule has 5 heteroatoms. The molecule has 2 rings (SSSR count). The van der Waals surface area contributed by atoms with E-state index in [2.05, 4.69) is 10.4 Å². The summed E-state index contributed by atoms with van der Waals surface area (Å²) in [7, 11) is 0. The molecule has 1 aromatic carbocycles. The zero-order valence-electron chi connectivity index (χ0n) is 10.0. The SMILES string of the molecule is OCCn1cc(CNCc2ccccc2F)cn1. The highest BCUT2D eigenvalue weighted by Crippen LogP contribution is 2.06. The molecule has 0 bridgehead atoms. The number of nitrogens with zero attached hydrogens (tertiary/aromatic N) is 2. The Morgan fingerprint density at radius 3 is 2.89 bits per heavy atom. The monoisotopic (exact) mass is 249 g/mol. The lowest BCUT2D eigenvalue weighted by molar-refractivity contribution is 0.269. The van der Waals surface area contributed by atoms with Gasteiger partial charge in [0.05, 0.1) is 19.3 Å². The van der Waals surface area contributed by atoms with Crippen LogP contribution in [0.1, 0.15) is 11.1 Å². The third-order valence-corrected chi connectivity index (χ3v) is 2.62. The molecule has 18 heavy (non-hydrogen) atoms. The van der Waals surface area contributed by atoms with Gasteiger partial charge in [0, 0.05) is 30.4 Å². The average molecular weight is 249 g/mol. The summed E-state index contributed by atoms with van der Waals surface area (Å²) in [6.45, 7) is 1.68. The Kier molecular flexibility index (Phi) is 4.44. The first-order valence-electron chi connectivity index (χ1n) is 5.86. The molecule has 0 radical (unpaired) electrons. The van der Waals surface area contributed by atoms with Gasteiger partial charge in [0.15, 0.2) is 0 Å². The fraction of sp³-hybridized carbons (Fsp3) is 0.308. The van der Waals surface area contributed by atoms with E-state index in [4.69, 9.17) is 5.11 Å². The number of aliphatic hydroxyl groups excluding tert-OH is 1. The second-order valence-electron chi connectivity index (χ2n) is 4.03. The summed E-state index contributed by atoms with van der Waals surface area (Å²) in [6, 6.07) is 6.71. The Bertz CT molecular complexity index is 498. The minimum atomic E-state index is -0.194. The maximum absolute atomic E-state index is 13.3. The van der Waals surface area contributed by atoms with Crippen LogP contribution in [0.25, 0.3) is 0 Å². The smallest absolute Gasteiger partial charge is 0.127 e. The maximum atomic E-state index is 13.3. The van der Waals surface area contributed by atoms with Crippen molar-refractivity contribution in [1.29, 1.82) is 0 Å². The standard InChI is InChI=1S/C13H16FN3O/c14-13-4-2-1-3-12(13)9-15-7-11-8-16-17(10-11)5-6-18/h1-4,8,10,15,18H,5-7,9H2. The van der Waals surface area contributed by atoms with Crippen molar-refractivity contribution < 1.29 is 9.50 Å². The quantitative estimate of drug-likeness (QED) is 0.811. The molecule has 0 saturated heterocycles. The molecule has 0 fully saturated rings. The second kappa shape index (κ2) is 6.28. The van der Waals surface area contributed by atoms with Gasteiger partial charge in [-0.15, -0.1) is 0 Å². The van der Waals surface area contributed by atoms with Gasteiger partial charge in [-0.3, -0.25) is 4.68 Å². The van der Waals surface area contributed by atoms with E-state index in [-0.39, 0.29) is 12.4 Å². The first-order valence-corrected chi connectivity index (χ1v) is 5.86. The first-order chi connectivity index (χ1) is 8.79. The Labute approximate surface area is 105 Å². The average Bonchev–Trinajstić information content (AvgIpc) is 2.80. The summed E-state index contributed by atoms with van der Waals surface area (Å²) < 4.78 is 15.0. The normalized spacial score (nSPS) is 10.8. The van der Waals surface area contributed by atoms with Crippen LogP contribution in [0.15, 0.2) is 36.7 Å². The highest BCUT2D eigenvalue weighted by molar-refractivity contribution is 5.17. The summed E-state index contributed by atoms with van der Waals surface area (Å²) >= 11 is 0. The van der Waals surface area contributed by atoms with Gasteiger partial charge in [-0.1, -0.05) is 18.2 Å². The minimum absolute atomic E-state index is 0.0732. The van der Waals surface area contributed by atoms with E-state index in [1.165, 1.54) is 6.07 Å². The molecule has 0 amide bonds. The number of benzene rings is 1. The lowest BCUT2D eigenvalue weighted by Crippen LogP contribution is -2.13. The van der Waals surface area contributed by atoms with Gasteiger partial charge in [-0.2, -0.15) is 5.10 Å². The Balaban J connectivity index is 1.83. The highest BCUT2D eigenvalue weighted by Gasteiger charge is 2.01. The van der Waals surface area contributed by atoms with Gasteiger partial charge in [0.1, 0.15) is 5.82 Å². The molecule has 4 nitrogen and oxygen atoms in total. The molecule has 2 aromatic rings. The van der Waals surface area contributed by atoms with Gasteiger partial charge < -0.3 is 10.4 Å². The maximum Gasteiger partial charge on any atom is 0.127 e. The van der Waals surface area contributed by atoms with Gasteiger partial charge in [0.25, 0.3) is 0 Å². The molecule has 0 atom stereocenters. The molecule has 0 aliphatic heterocycles. The fourth-order valence-corrected chi connectivity index (χ4v) is 1.71. The molecule has 0 aliphatic carbocycles. The van der Waals surface area contributed by atoms with E-state index in [0.29, 0.717) is 25.2 Å².